The van der Waals surface area contributed by atoms with Gasteiger partial charge in [-0.1, -0.05) is 75.4 Å². The third kappa shape index (κ3) is 6.15. The van der Waals surface area contributed by atoms with Crippen LogP contribution >= 0.6 is 0 Å². The van der Waals surface area contributed by atoms with Crippen LogP contribution in [0.4, 0.5) is 0 Å². The van der Waals surface area contributed by atoms with E-state index < -0.39 is 0 Å². The molecular weight excluding hydrogens is 358 g/mol. The summed E-state index contributed by atoms with van der Waals surface area (Å²) in [5.74, 6) is 0.348. The van der Waals surface area contributed by atoms with Crippen molar-refractivity contribution in [2.45, 2.75) is 64.1 Å². The van der Waals surface area contributed by atoms with E-state index in [-0.39, 0.29) is 17.6 Å². The van der Waals surface area contributed by atoms with Gasteiger partial charge in [0.1, 0.15) is 0 Å². The Kier molecular flexibility index (Phi) is 7.50. The van der Waals surface area contributed by atoms with Gasteiger partial charge in [-0.25, -0.2) is 0 Å². The molecule has 2 atom stereocenters. The summed E-state index contributed by atoms with van der Waals surface area (Å²) in [7, 11) is 0. The molecule has 3 nitrogen and oxygen atoms in total. The molecule has 0 radical (unpaired) electrons. The summed E-state index contributed by atoms with van der Waals surface area (Å²) in [6, 6.07) is 18.4. The highest BCUT2D eigenvalue weighted by atomic mass is 16.3. The quantitative estimate of drug-likeness (QED) is 0.673. The van der Waals surface area contributed by atoms with Gasteiger partial charge in [0.15, 0.2) is 0 Å². The Bertz CT molecular complexity index is 728. The first-order valence-electron chi connectivity index (χ1n) is 11.1. The summed E-state index contributed by atoms with van der Waals surface area (Å²) in [5, 5.41) is 21.2. The highest BCUT2D eigenvalue weighted by Gasteiger charge is 2.26. The average Bonchev–Trinajstić information content (AvgIpc) is 2.74. The lowest BCUT2D eigenvalue weighted by molar-refractivity contribution is 0.0569. The number of piperidine rings is 1. The third-order valence-corrected chi connectivity index (χ3v) is 6.33. The van der Waals surface area contributed by atoms with Crippen LogP contribution in [0.1, 0.15) is 75.4 Å². The molecule has 1 fully saturated rings. The van der Waals surface area contributed by atoms with E-state index >= 15 is 0 Å². The van der Waals surface area contributed by atoms with Crippen LogP contribution in [-0.2, 0) is 5.41 Å². The molecule has 1 saturated heterocycles. The molecule has 3 heteroatoms. The molecule has 2 N–H and O–H groups in total. The van der Waals surface area contributed by atoms with Gasteiger partial charge < -0.3 is 15.1 Å². The van der Waals surface area contributed by atoms with Crippen LogP contribution in [-0.4, -0.2) is 34.7 Å². The van der Waals surface area contributed by atoms with Crippen LogP contribution in [0.15, 0.2) is 54.6 Å². The second kappa shape index (κ2) is 9.88. The van der Waals surface area contributed by atoms with E-state index in [2.05, 4.69) is 49.9 Å². The molecule has 1 heterocycles. The summed E-state index contributed by atoms with van der Waals surface area (Å²) in [6.07, 6.45) is 3.12. The Labute approximate surface area is 176 Å². The maximum atomic E-state index is 10.6. The molecular formula is C26H37NO2. The molecule has 1 aliphatic heterocycles. The first-order valence-corrected chi connectivity index (χ1v) is 11.1. The number of rotatable bonds is 7. The van der Waals surface area contributed by atoms with E-state index in [0.29, 0.717) is 5.92 Å². The number of likely N-dealkylation sites (tertiary alicyclic amines) is 1. The number of aliphatic hydroxyl groups is 2. The lowest BCUT2D eigenvalue weighted by Crippen LogP contribution is -2.36. The van der Waals surface area contributed by atoms with Crippen molar-refractivity contribution >= 4 is 0 Å². The van der Waals surface area contributed by atoms with Crippen molar-refractivity contribution in [3.8, 4) is 0 Å². The molecule has 2 unspecified atom stereocenters. The zero-order chi connectivity index (χ0) is 20.9. The van der Waals surface area contributed by atoms with Crippen LogP contribution in [0.25, 0.3) is 0 Å². The van der Waals surface area contributed by atoms with Crippen molar-refractivity contribution in [2.24, 2.45) is 5.92 Å². The minimum Gasteiger partial charge on any atom is -0.388 e. The zero-order valence-corrected chi connectivity index (χ0v) is 18.2. The topological polar surface area (TPSA) is 43.7 Å². The maximum absolute atomic E-state index is 10.6. The largest absolute Gasteiger partial charge is 0.388 e. The molecule has 29 heavy (non-hydrogen) atoms. The highest BCUT2D eigenvalue weighted by molar-refractivity contribution is 5.28. The average molecular weight is 396 g/mol. The van der Waals surface area contributed by atoms with Gasteiger partial charge in [-0.05, 0) is 73.3 Å². The predicted molar refractivity (Wildman–Crippen MR) is 120 cm³/mol. The Morgan fingerprint density at radius 2 is 1.52 bits per heavy atom. The Morgan fingerprint density at radius 3 is 2.10 bits per heavy atom. The van der Waals surface area contributed by atoms with Crippen LogP contribution in [0.2, 0.25) is 0 Å². The van der Waals surface area contributed by atoms with Crippen LogP contribution < -0.4 is 0 Å². The van der Waals surface area contributed by atoms with Crippen LogP contribution in [0, 0.1) is 5.92 Å². The second-order valence-electron chi connectivity index (χ2n) is 9.56. The van der Waals surface area contributed by atoms with Crippen molar-refractivity contribution in [1.82, 2.24) is 4.90 Å². The standard InChI is InChI=1S/C26H37NO2/c1-26(2,3)23-13-11-20(12-14-23)24(28)10-7-17-27-18-15-22(16-19-27)25(29)21-8-5-4-6-9-21/h4-6,8-9,11-14,22,24-25,28-29H,7,10,15-19H2,1-3H3. The lowest BCUT2D eigenvalue weighted by Gasteiger charge is -2.34. The van der Waals surface area contributed by atoms with Gasteiger partial charge in [0.2, 0.25) is 0 Å². The Hall–Kier alpha value is -1.68. The molecule has 2 aromatic carbocycles. The van der Waals surface area contributed by atoms with Crippen molar-refractivity contribution in [3.63, 3.8) is 0 Å². The maximum Gasteiger partial charge on any atom is 0.0819 e. The molecule has 0 spiro atoms. The lowest BCUT2D eigenvalue weighted by atomic mass is 9.86. The number of benzene rings is 2. The van der Waals surface area contributed by atoms with E-state index in [1.54, 1.807) is 0 Å². The first kappa shape index (κ1) is 22.0. The van der Waals surface area contributed by atoms with E-state index in [0.717, 1.165) is 56.4 Å². The van der Waals surface area contributed by atoms with Gasteiger partial charge in [-0.15, -0.1) is 0 Å². The number of nitrogens with zero attached hydrogens (tertiary/aromatic N) is 1. The molecule has 158 valence electrons. The van der Waals surface area contributed by atoms with Gasteiger partial charge >= 0.3 is 0 Å². The van der Waals surface area contributed by atoms with E-state index in [1.165, 1.54) is 5.56 Å². The molecule has 2 aromatic rings. The molecule has 1 aliphatic rings. The number of hydrogen-bond donors (Lipinski definition) is 2. The fraction of sp³-hybridized carbons (Fsp3) is 0.538. The summed E-state index contributed by atoms with van der Waals surface area (Å²) in [4.78, 5) is 2.48. The normalized spacial score (nSPS) is 18.5. The van der Waals surface area contributed by atoms with Gasteiger partial charge in [0.05, 0.1) is 12.2 Å². The summed E-state index contributed by atoms with van der Waals surface area (Å²) < 4.78 is 0. The first-order chi connectivity index (χ1) is 13.8. The summed E-state index contributed by atoms with van der Waals surface area (Å²) >= 11 is 0. The molecule has 0 aromatic heterocycles. The minimum absolute atomic E-state index is 0.143. The van der Waals surface area contributed by atoms with Crippen molar-refractivity contribution < 1.29 is 10.2 Å². The van der Waals surface area contributed by atoms with Gasteiger partial charge in [0.25, 0.3) is 0 Å². The molecule has 0 aliphatic carbocycles. The Morgan fingerprint density at radius 1 is 0.897 bits per heavy atom. The second-order valence-corrected chi connectivity index (χ2v) is 9.56. The van der Waals surface area contributed by atoms with Gasteiger partial charge in [-0.2, -0.15) is 0 Å². The SMILES string of the molecule is CC(C)(C)c1ccc(C(O)CCCN2CCC(C(O)c3ccccc3)CC2)cc1. The monoisotopic (exact) mass is 395 g/mol. The van der Waals surface area contributed by atoms with Crippen molar-refractivity contribution in [2.75, 3.05) is 19.6 Å². The fourth-order valence-corrected chi connectivity index (χ4v) is 4.29. The van der Waals surface area contributed by atoms with Gasteiger partial charge in [0, 0.05) is 0 Å². The number of aliphatic hydroxyl groups excluding tert-OH is 2. The minimum atomic E-state index is -0.388. The summed E-state index contributed by atoms with van der Waals surface area (Å²) in [6.45, 7) is 9.71. The molecule has 3 rings (SSSR count). The third-order valence-electron chi connectivity index (χ3n) is 6.33. The highest BCUT2D eigenvalue weighted by Crippen LogP contribution is 2.31. The summed E-state index contributed by atoms with van der Waals surface area (Å²) in [5.41, 5.74) is 3.49. The van der Waals surface area contributed by atoms with Crippen LogP contribution in [0.5, 0.6) is 0 Å². The van der Waals surface area contributed by atoms with E-state index in [4.69, 9.17) is 0 Å². The van der Waals surface area contributed by atoms with E-state index in [1.807, 2.05) is 30.3 Å². The zero-order valence-electron chi connectivity index (χ0n) is 18.2. The molecule has 0 bridgehead atoms. The number of hydrogen-bond acceptors (Lipinski definition) is 3. The molecule has 0 amide bonds. The van der Waals surface area contributed by atoms with Gasteiger partial charge in [-0.3, -0.25) is 0 Å². The fourth-order valence-electron chi connectivity index (χ4n) is 4.29. The van der Waals surface area contributed by atoms with Crippen LogP contribution in [0.3, 0.4) is 0 Å². The van der Waals surface area contributed by atoms with Crippen molar-refractivity contribution in [3.05, 3.63) is 71.3 Å². The smallest absolute Gasteiger partial charge is 0.0819 e. The molecule has 0 saturated carbocycles. The Balaban J connectivity index is 1.39. The van der Waals surface area contributed by atoms with Crippen molar-refractivity contribution in [1.29, 1.82) is 0 Å². The predicted octanol–water partition coefficient (Wildman–Crippen LogP) is 5.24. The van der Waals surface area contributed by atoms with E-state index in [9.17, 15) is 10.2 Å².